The van der Waals surface area contributed by atoms with E-state index < -0.39 is 0 Å². The second kappa shape index (κ2) is 3.51. The van der Waals surface area contributed by atoms with Crippen molar-refractivity contribution >= 4 is 17.1 Å². The Balaban J connectivity index is 2.15. The lowest BCUT2D eigenvalue weighted by molar-refractivity contribution is 0.699. The van der Waals surface area contributed by atoms with Crippen molar-refractivity contribution in [3.8, 4) is 0 Å². The van der Waals surface area contributed by atoms with Crippen LogP contribution in [-0.2, 0) is 0 Å². The number of nitrogens with zero attached hydrogens (tertiary/aromatic N) is 2. The number of hydrogen-bond donors (Lipinski definition) is 1. The predicted octanol–water partition coefficient (Wildman–Crippen LogP) is 2.06. The van der Waals surface area contributed by atoms with Crippen LogP contribution >= 0.6 is 11.6 Å². The molecule has 3 nitrogen and oxygen atoms in total. The highest BCUT2D eigenvalue weighted by molar-refractivity contribution is 6.33. The summed E-state index contributed by atoms with van der Waals surface area (Å²) in [6.45, 7) is 2.10. The van der Waals surface area contributed by atoms with Crippen LogP contribution in [0, 0.1) is 0 Å². The number of pyridine rings is 1. The third kappa shape index (κ3) is 1.43. The third-order valence-electron chi connectivity index (χ3n) is 2.97. The van der Waals surface area contributed by atoms with Crippen LogP contribution in [0.5, 0.6) is 0 Å². The molecule has 78 valence electrons. The van der Waals surface area contributed by atoms with E-state index >= 15 is 0 Å². The molecule has 3 rings (SSSR count). The molecule has 0 aromatic carbocycles. The number of imidazole rings is 1. The van der Waals surface area contributed by atoms with E-state index in [1.165, 1.54) is 0 Å². The quantitative estimate of drug-likeness (QED) is 0.799. The largest absolute Gasteiger partial charge is 0.316 e. The number of fused-ring (bicyclic) bond motifs is 1. The molecule has 0 radical (unpaired) electrons. The van der Waals surface area contributed by atoms with E-state index in [1.54, 1.807) is 0 Å². The van der Waals surface area contributed by atoms with Crippen LogP contribution in [-0.4, -0.2) is 22.5 Å². The Morgan fingerprint density at radius 1 is 1.53 bits per heavy atom. The fraction of sp³-hybridized carbons (Fsp3) is 0.364. The van der Waals surface area contributed by atoms with Gasteiger partial charge >= 0.3 is 0 Å². The van der Waals surface area contributed by atoms with Crippen molar-refractivity contribution in [2.75, 3.05) is 13.1 Å². The smallest absolute Gasteiger partial charge is 0.117 e. The monoisotopic (exact) mass is 221 g/mol. The summed E-state index contributed by atoms with van der Waals surface area (Å²) in [5.74, 6) is 1.64. The van der Waals surface area contributed by atoms with Crippen LogP contribution in [0.2, 0.25) is 5.02 Å². The molecular formula is C11H12ClN3. The fourth-order valence-electron chi connectivity index (χ4n) is 2.18. The molecule has 0 spiro atoms. The molecule has 2 aromatic rings. The highest BCUT2D eigenvalue weighted by Gasteiger charge is 2.21. The minimum atomic E-state index is 0.519. The van der Waals surface area contributed by atoms with Gasteiger partial charge in [-0.05, 0) is 25.1 Å². The standard InChI is InChI=1S/C11H12ClN3/c12-9-2-1-5-15-10(9)7-14-11(15)8-3-4-13-6-8/h1-2,5,7-8,13H,3-4,6H2. The molecule has 0 bridgehead atoms. The van der Waals surface area contributed by atoms with Crippen LogP contribution in [0.4, 0.5) is 0 Å². The zero-order valence-corrected chi connectivity index (χ0v) is 9.04. The van der Waals surface area contributed by atoms with E-state index in [0.717, 1.165) is 35.9 Å². The van der Waals surface area contributed by atoms with E-state index in [0.29, 0.717) is 5.92 Å². The Hall–Kier alpha value is -1.06. The first-order valence-electron chi connectivity index (χ1n) is 5.18. The average Bonchev–Trinajstić information content (AvgIpc) is 2.85. The summed E-state index contributed by atoms with van der Waals surface area (Å²) >= 11 is 6.10. The summed E-state index contributed by atoms with van der Waals surface area (Å²) in [4.78, 5) is 4.48. The van der Waals surface area contributed by atoms with Gasteiger partial charge in [-0.15, -0.1) is 0 Å². The molecule has 4 heteroatoms. The number of nitrogens with one attached hydrogen (secondary N) is 1. The Labute approximate surface area is 93.1 Å². The lowest BCUT2D eigenvalue weighted by Gasteiger charge is -2.07. The summed E-state index contributed by atoms with van der Waals surface area (Å²) in [7, 11) is 0. The zero-order valence-electron chi connectivity index (χ0n) is 8.28. The Morgan fingerprint density at radius 2 is 2.47 bits per heavy atom. The summed E-state index contributed by atoms with van der Waals surface area (Å²) < 4.78 is 2.10. The van der Waals surface area contributed by atoms with Crippen LogP contribution in [0.15, 0.2) is 24.5 Å². The maximum Gasteiger partial charge on any atom is 0.117 e. The zero-order chi connectivity index (χ0) is 10.3. The maximum absolute atomic E-state index is 6.10. The van der Waals surface area contributed by atoms with E-state index in [-0.39, 0.29) is 0 Å². The highest BCUT2D eigenvalue weighted by Crippen LogP contribution is 2.25. The van der Waals surface area contributed by atoms with Crippen LogP contribution in [0.3, 0.4) is 0 Å². The molecule has 15 heavy (non-hydrogen) atoms. The van der Waals surface area contributed by atoms with Gasteiger partial charge in [-0.25, -0.2) is 4.98 Å². The topological polar surface area (TPSA) is 29.3 Å². The van der Waals surface area contributed by atoms with Crippen molar-refractivity contribution in [3.63, 3.8) is 0 Å². The van der Waals surface area contributed by atoms with Crippen molar-refractivity contribution in [2.24, 2.45) is 0 Å². The van der Waals surface area contributed by atoms with E-state index in [9.17, 15) is 0 Å². The second-order valence-electron chi connectivity index (χ2n) is 3.92. The summed E-state index contributed by atoms with van der Waals surface area (Å²) in [5.41, 5.74) is 1.00. The molecule has 0 saturated carbocycles. The lowest BCUT2D eigenvalue weighted by atomic mass is 10.1. The molecule has 0 aliphatic carbocycles. The molecule has 1 unspecified atom stereocenters. The molecule has 1 aliphatic rings. The molecule has 1 saturated heterocycles. The Bertz CT molecular complexity index is 486. The van der Waals surface area contributed by atoms with Gasteiger partial charge in [0, 0.05) is 18.7 Å². The van der Waals surface area contributed by atoms with Crippen molar-refractivity contribution in [1.29, 1.82) is 0 Å². The lowest BCUT2D eigenvalue weighted by Crippen LogP contribution is -2.10. The van der Waals surface area contributed by atoms with Gasteiger partial charge in [-0.2, -0.15) is 0 Å². The van der Waals surface area contributed by atoms with Gasteiger partial charge in [0.15, 0.2) is 0 Å². The first-order valence-corrected chi connectivity index (χ1v) is 5.56. The molecule has 0 amide bonds. The molecule has 2 aromatic heterocycles. The number of aromatic nitrogens is 2. The minimum Gasteiger partial charge on any atom is -0.316 e. The normalized spacial score (nSPS) is 21.3. The number of rotatable bonds is 1. The third-order valence-corrected chi connectivity index (χ3v) is 3.29. The molecule has 1 atom stereocenters. The SMILES string of the molecule is Clc1cccn2c(C3CCNC3)ncc12. The first kappa shape index (κ1) is 9.19. The Morgan fingerprint density at radius 3 is 3.27 bits per heavy atom. The van der Waals surface area contributed by atoms with Gasteiger partial charge in [0.1, 0.15) is 5.82 Å². The van der Waals surface area contributed by atoms with Crippen molar-refractivity contribution in [3.05, 3.63) is 35.4 Å². The van der Waals surface area contributed by atoms with Crippen molar-refractivity contribution < 1.29 is 0 Å². The van der Waals surface area contributed by atoms with Gasteiger partial charge in [0.05, 0.1) is 16.7 Å². The minimum absolute atomic E-state index is 0.519. The number of hydrogen-bond acceptors (Lipinski definition) is 2. The summed E-state index contributed by atoms with van der Waals surface area (Å²) in [5, 5.41) is 4.12. The van der Waals surface area contributed by atoms with Crippen LogP contribution < -0.4 is 5.32 Å². The van der Waals surface area contributed by atoms with E-state index in [2.05, 4.69) is 14.7 Å². The van der Waals surface area contributed by atoms with E-state index in [1.807, 2.05) is 24.5 Å². The molecule has 3 heterocycles. The molecule has 1 aliphatic heterocycles. The molecule has 1 N–H and O–H groups in total. The Kier molecular flexibility index (Phi) is 2.15. The van der Waals surface area contributed by atoms with E-state index in [4.69, 9.17) is 11.6 Å². The average molecular weight is 222 g/mol. The molecule has 1 fully saturated rings. The van der Waals surface area contributed by atoms with Gasteiger partial charge in [-0.3, -0.25) is 0 Å². The second-order valence-corrected chi connectivity index (χ2v) is 4.32. The van der Waals surface area contributed by atoms with Gasteiger partial charge in [0.25, 0.3) is 0 Å². The van der Waals surface area contributed by atoms with Gasteiger partial charge < -0.3 is 9.72 Å². The summed E-state index contributed by atoms with van der Waals surface area (Å²) in [6.07, 6.45) is 5.05. The predicted molar refractivity (Wildman–Crippen MR) is 60.4 cm³/mol. The van der Waals surface area contributed by atoms with Crippen LogP contribution in [0.25, 0.3) is 5.52 Å². The molecular weight excluding hydrogens is 210 g/mol. The van der Waals surface area contributed by atoms with Crippen LogP contribution in [0.1, 0.15) is 18.2 Å². The highest BCUT2D eigenvalue weighted by atomic mass is 35.5. The van der Waals surface area contributed by atoms with Gasteiger partial charge in [-0.1, -0.05) is 11.6 Å². The first-order chi connectivity index (χ1) is 7.36. The fourth-order valence-corrected chi connectivity index (χ4v) is 2.40. The maximum atomic E-state index is 6.10. The van der Waals surface area contributed by atoms with Crippen molar-refractivity contribution in [2.45, 2.75) is 12.3 Å². The number of halogens is 1. The summed E-state index contributed by atoms with van der Waals surface area (Å²) in [6, 6.07) is 3.86. The van der Waals surface area contributed by atoms with Gasteiger partial charge in [0.2, 0.25) is 0 Å². The van der Waals surface area contributed by atoms with Crippen molar-refractivity contribution in [1.82, 2.24) is 14.7 Å².